The fourth-order valence-corrected chi connectivity index (χ4v) is 8.31. The Kier molecular flexibility index (Phi) is 6.55. The molecule has 53 heavy (non-hydrogen) atoms. The van der Waals surface area contributed by atoms with Gasteiger partial charge in [-0.15, -0.1) is 0 Å². The molecular weight excluding hydrogens is 643 g/mol. The molecule has 0 saturated carbocycles. The lowest BCUT2D eigenvalue weighted by molar-refractivity contribution is 1.18. The van der Waals surface area contributed by atoms with Gasteiger partial charge in [-0.05, 0) is 68.0 Å². The van der Waals surface area contributed by atoms with Crippen LogP contribution in [0.2, 0.25) is 0 Å². The van der Waals surface area contributed by atoms with Gasteiger partial charge in [0.25, 0.3) is 0 Å². The molecule has 2 aromatic heterocycles. The average molecular weight is 674 g/mol. The maximum atomic E-state index is 5.30. The third-order valence-electron chi connectivity index (χ3n) is 10.8. The second kappa shape index (κ2) is 11.7. The average Bonchev–Trinajstić information content (AvgIpc) is 3.58. The summed E-state index contributed by atoms with van der Waals surface area (Å²) in [7, 11) is 0. The van der Waals surface area contributed by atoms with Crippen molar-refractivity contribution in [2.24, 2.45) is 0 Å². The van der Waals surface area contributed by atoms with E-state index >= 15 is 0 Å². The van der Waals surface area contributed by atoms with Gasteiger partial charge in [-0.2, -0.15) is 0 Å². The van der Waals surface area contributed by atoms with Crippen LogP contribution in [-0.2, 0) is 0 Å². The first kappa shape index (κ1) is 29.6. The molecule has 0 aliphatic heterocycles. The Bertz CT molecular complexity index is 3140. The van der Waals surface area contributed by atoms with Crippen molar-refractivity contribution >= 4 is 64.9 Å². The van der Waals surface area contributed by atoms with Gasteiger partial charge in [0.2, 0.25) is 0 Å². The van der Waals surface area contributed by atoms with Crippen molar-refractivity contribution in [3.05, 3.63) is 188 Å². The number of fused-ring (bicyclic) bond motifs is 9. The van der Waals surface area contributed by atoms with Gasteiger partial charge < -0.3 is 4.57 Å². The molecule has 0 N–H and O–H groups in total. The molecule has 0 aliphatic carbocycles. The van der Waals surface area contributed by atoms with Gasteiger partial charge in [0.1, 0.15) is 0 Å². The Morgan fingerprint density at radius 1 is 0.340 bits per heavy atom. The predicted octanol–water partition coefficient (Wildman–Crippen LogP) is 13.2. The Balaban J connectivity index is 1.18. The first-order chi connectivity index (χ1) is 26.3. The fourth-order valence-electron chi connectivity index (χ4n) is 8.31. The molecular formula is C50H31N3. The quantitative estimate of drug-likeness (QED) is 0.186. The van der Waals surface area contributed by atoms with E-state index in [9.17, 15) is 0 Å². The van der Waals surface area contributed by atoms with Gasteiger partial charge >= 0.3 is 0 Å². The summed E-state index contributed by atoms with van der Waals surface area (Å²) in [5, 5.41) is 12.2. The first-order valence-corrected chi connectivity index (χ1v) is 18.1. The van der Waals surface area contributed by atoms with E-state index in [1.54, 1.807) is 0 Å². The SMILES string of the molecule is c1ccc(-c2cc(-c3ccc4ccccc4c3)nc(-c3cccc4c(-n5c6ccc7ccccc7c6c6c7ccccc7ccc65)cccc34)n2)cc1. The summed E-state index contributed by atoms with van der Waals surface area (Å²) in [4.78, 5) is 10.6. The largest absolute Gasteiger partial charge is 0.309 e. The van der Waals surface area contributed by atoms with Crippen molar-refractivity contribution in [2.45, 2.75) is 0 Å². The lowest BCUT2D eigenvalue weighted by Gasteiger charge is -2.15. The smallest absolute Gasteiger partial charge is 0.161 e. The molecule has 0 atom stereocenters. The highest BCUT2D eigenvalue weighted by Crippen LogP contribution is 2.42. The highest BCUT2D eigenvalue weighted by molar-refractivity contribution is 6.28. The monoisotopic (exact) mass is 673 g/mol. The topological polar surface area (TPSA) is 30.7 Å². The van der Waals surface area contributed by atoms with E-state index in [2.05, 4.69) is 187 Å². The lowest BCUT2D eigenvalue weighted by atomic mass is 10.00. The summed E-state index contributed by atoms with van der Waals surface area (Å²) >= 11 is 0. The summed E-state index contributed by atoms with van der Waals surface area (Å²) in [6, 6.07) is 67.3. The molecule has 0 radical (unpaired) electrons. The van der Waals surface area contributed by atoms with Gasteiger partial charge in [0, 0.05) is 32.8 Å². The van der Waals surface area contributed by atoms with Gasteiger partial charge in [0.15, 0.2) is 5.82 Å². The van der Waals surface area contributed by atoms with Gasteiger partial charge in [0.05, 0.1) is 28.1 Å². The molecule has 3 nitrogen and oxygen atoms in total. The summed E-state index contributed by atoms with van der Waals surface area (Å²) in [6.07, 6.45) is 0. The number of rotatable bonds is 4. The van der Waals surface area contributed by atoms with Gasteiger partial charge in [-0.3, -0.25) is 0 Å². The van der Waals surface area contributed by atoms with Crippen molar-refractivity contribution in [3.63, 3.8) is 0 Å². The maximum absolute atomic E-state index is 5.30. The third kappa shape index (κ3) is 4.68. The lowest BCUT2D eigenvalue weighted by Crippen LogP contribution is -1.98. The van der Waals surface area contributed by atoms with E-state index in [0.29, 0.717) is 5.82 Å². The van der Waals surface area contributed by atoms with Crippen LogP contribution < -0.4 is 0 Å². The maximum Gasteiger partial charge on any atom is 0.161 e. The molecule has 246 valence electrons. The molecule has 0 aliphatic rings. The molecule has 0 spiro atoms. The highest BCUT2D eigenvalue weighted by atomic mass is 15.0. The highest BCUT2D eigenvalue weighted by Gasteiger charge is 2.20. The molecule has 2 heterocycles. The minimum atomic E-state index is 0.705. The number of hydrogen-bond acceptors (Lipinski definition) is 2. The van der Waals surface area contributed by atoms with Gasteiger partial charge in [-0.1, -0.05) is 158 Å². The van der Waals surface area contributed by atoms with Crippen molar-refractivity contribution < 1.29 is 0 Å². The zero-order valence-corrected chi connectivity index (χ0v) is 28.7. The molecule has 11 aromatic rings. The Labute approximate surface area is 306 Å². The fraction of sp³-hybridized carbons (Fsp3) is 0. The Morgan fingerprint density at radius 2 is 0.887 bits per heavy atom. The van der Waals surface area contributed by atoms with E-state index < -0.39 is 0 Å². The Morgan fingerprint density at radius 3 is 1.60 bits per heavy atom. The summed E-state index contributed by atoms with van der Waals surface area (Å²) in [6.45, 7) is 0. The van der Waals surface area contributed by atoms with E-state index in [1.165, 1.54) is 54.1 Å². The number of aromatic nitrogens is 3. The van der Waals surface area contributed by atoms with Crippen LogP contribution in [0.25, 0.3) is 104 Å². The molecule has 0 fully saturated rings. The summed E-state index contributed by atoms with van der Waals surface area (Å²) < 4.78 is 2.46. The zero-order valence-electron chi connectivity index (χ0n) is 28.7. The van der Waals surface area contributed by atoms with Crippen LogP contribution in [0.3, 0.4) is 0 Å². The Hall–Kier alpha value is -7.10. The van der Waals surface area contributed by atoms with Crippen LogP contribution in [-0.4, -0.2) is 14.5 Å². The van der Waals surface area contributed by atoms with Crippen LogP contribution in [0.5, 0.6) is 0 Å². The van der Waals surface area contributed by atoms with Crippen LogP contribution in [0, 0.1) is 0 Å². The second-order valence-electron chi connectivity index (χ2n) is 13.8. The number of benzene rings is 9. The van der Waals surface area contributed by atoms with Gasteiger partial charge in [-0.25, -0.2) is 9.97 Å². The van der Waals surface area contributed by atoms with Crippen molar-refractivity contribution in [1.29, 1.82) is 0 Å². The molecule has 3 heteroatoms. The van der Waals surface area contributed by atoms with Crippen LogP contribution >= 0.6 is 0 Å². The molecule has 0 saturated heterocycles. The van der Waals surface area contributed by atoms with Crippen molar-refractivity contribution in [2.75, 3.05) is 0 Å². The molecule has 11 rings (SSSR count). The molecule has 0 amide bonds. The first-order valence-electron chi connectivity index (χ1n) is 18.1. The standard InChI is InChI=1S/C50H31N3/c1-2-15-35(16-3-1)43-31-44(37-25-24-32-12-4-5-17-36(32)30-37)52-50(51-43)42-22-10-21-41-40(42)20-11-23-45(41)53-46-28-26-33-13-6-8-18-38(33)48(46)49-39-19-9-7-14-34(39)27-29-47(49)53/h1-31H. The molecule has 0 bridgehead atoms. The minimum Gasteiger partial charge on any atom is -0.309 e. The van der Waals surface area contributed by atoms with Crippen molar-refractivity contribution in [3.8, 4) is 39.6 Å². The van der Waals surface area contributed by atoms with Crippen molar-refractivity contribution in [1.82, 2.24) is 14.5 Å². The molecule has 0 unspecified atom stereocenters. The molecule has 9 aromatic carbocycles. The number of nitrogens with zero attached hydrogens (tertiary/aromatic N) is 3. The van der Waals surface area contributed by atoms with Crippen LogP contribution in [0.4, 0.5) is 0 Å². The van der Waals surface area contributed by atoms with Crippen LogP contribution in [0.1, 0.15) is 0 Å². The van der Waals surface area contributed by atoms with E-state index in [-0.39, 0.29) is 0 Å². The number of hydrogen-bond donors (Lipinski definition) is 0. The van der Waals surface area contributed by atoms with E-state index in [4.69, 9.17) is 9.97 Å². The normalized spacial score (nSPS) is 11.8. The van der Waals surface area contributed by atoms with E-state index in [1.807, 2.05) is 6.07 Å². The summed E-state index contributed by atoms with van der Waals surface area (Å²) in [5.41, 5.74) is 8.42. The zero-order chi connectivity index (χ0) is 34.9. The minimum absolute atomic E-state index is 0.705. The van der Waals surface area contributed by atoms with E-state index in [0.717, 1.165) is 44.5 Å². The van der Waals surface area contributed by atoms with Crippen LogP contribution in [0.15, 0.2) is 188 Å². The second-order valence-corrected chi connectivity index (χ2v) is 13.8. The predicted molar refractivity (Wildman–Crippen MR) is 223 cm³/mol. The summed E-state index contributed by atoms with van der Waals surface area (Å²) in [5.74, 6) is 0.705. The third-order valence-corrected chi connectivity index (χ3v) is 10.8.